The molecule has 1 saturated heterocycles. The summed E-state index contributed by atoms with van der Waals surface area (Å²) in [7, 11) is 0. The standard InChI is InChI=1S/C18H22FN5O/c1-13-6-17(25-22-13)12-23-11-15(19)7-16(23)10-20-8-14-9-21-24-5-3-2-4-18(14)24/h2-6,9,15-16,20H,7-8,10-12H2,1H3/t15-,16-/m0/s1. The minimum atomic E-state index is -0.784. The molecule has 0 aromatic carbocycles. The van der Waals surface area contributed by atoms with Crippen LogP contribution in [0.4, 0.5) is 4.39 Å². The Balaban J connectivity index is 1.36. The summed E-state index contributed by atoms with van der Waals surface area (Å²) in [5.41, 5.74) is 3.10. The molecule has 6 nitrogen and oxygen atoms in total. The third-order valence-corrected chi connectivity index (χ3v) is 4.71. The molecule has 1 N–H and O–H groups in total. The van der Waals surface area contributed by atoms with Crippen molar-refractivity contribution in [2.75, 3.05) is 13.1 Å². The van der Waals surface area contributed by atoms with Crippen molar-refractivity contribution < 1.29 is 8.91 Å². The number of fused-ring (bicyclic) bond motifs is 1. The molecule has 0 amide bonds. The van der Waals surface area contributed by atoms with Gasteiger partial charge in [0, 0.05) is 43.5 Å². The number of halogens is 1. The molecule has 25 heavy (non-hydrogen) atoms. The van der Waals surface area contributed by atoms with Crippen LogP contribution in [0.1, 0.15) is 23.4 Å². The molecule has 0 unspecified atom stereocenters. The van der Waals surface area contributed by atoms with Crippen LogP contribution in [0.15, 0.2) is 41.2 Å². The lowest BCUT2D eigenvalue weighted by Gasteiger charge is -2.23. The fourth-order valence-electron chi connectivity index (χ4n) is 3.52. The van der Waals surface area contributed by atoms with Crippen LogP contribution in [-0.2, 0) is 13.1 Å². The van der Waals surface area contributed by atoms with Crippen LogP contribution in [0, 0.1) is 6.92 Å². The molecule has 1 fully saturated rings. The predicted octanol–water partition coefficient (Wildman–Crippen LogP) is 2.33. The van der Waals surface area contributed by atoms with Gasteiger partial charge >= 0.3 is 0 Å². The van der Waals surface area contributed by atoms with E-state index in [9.17, 15) is 4.39 Å². The molecule has 2 atom stereocenters. The van der Waals surface area contributed by atoms with Crippen molar-refractivity contribution in [3.8, 4) is 0 Å². The van der Waals surface area contributed by atoms with Crippen LogP contribution in [0.5, 0.6) is 0 Å². The highest BCUT2D eigenvalue weighted by Crippen LogP contribution is 2.22. The molecule has 1 aliphatic heterocycles. The summed E-state index contributed by atoms with van der Waals surface area (Å²) in [6.07, 6.45) is 3.58. The average Bonchev–Trinajstić information content (AvgIpc) is 3.28. The summed E-state index contributed by atoms with van der Waals surface area (Å²) in [4.78, 5) is 2.13. The van der Waals surface area contributed by atoms with Crippen molar-refractivity contribution in [3.63, 3.8) is 0 Å². The smallest absolute Gasteiger partial charge is 0.150 e. The van der Waals surface area contributed by atoms with Gasteiger partial charge in [0.1, 0.15) is 6.17 Å². The molecule has 3 aromatic heterocycles. The van der Waals surface area contributed by atoms with E-state index in [4.69, 9.17) is 4.52 Å². The molecule has 0 spiro atoms. The Morgan fingerprint density at radius 3 is 3.16 bits per heavy atom. The Hall–Kier alpha value is -2.25. The van der Waals surface area contributed by atoms with Gasteiger partial charge in [-0.2, -0.15) is 5.10 Å². The van der Waals surface area contributed by atoms with Gasteiger partial charge in [0.2, 0.25) is 0 Å². The number of nitrogens with one attached hydrogen (secondary N) is 1. The number of hydrogen-bond donors (Lipinski definition) is 1. The SMILES string of the molecule is Cc1cc(CN2C[C@@H](F)C[C@H]2CNCc2cnn3ccccc23)on1. The summed E-state index contributed by atoms with van der Waals surface area (Å²) in [5.74, 6) is 0.791. The first-order valence-corrected chi connectivity index (χ1v) is 8.61. The van der Waals surface area contributed by atoms with E-state index < -0.39 is 6.17 Å². The molecule has 0 radical (unpaired) electrons. The van der Waals surface area contributed by atoms with E-state index in [1.165, 1.54) is 0 Å². The minimum Gasteiger partial charge on any atom is -0.360 e. The number of rotatable bonds is 6. The number of alkyl halides is 1. The van der Waals surface area contributed by atoms with Gasteiger partial charge in [0.05, 0.1) is 24.0 Å². The van der Waals surface area contributed by atoms with Gasteiger partial charge < -0.3 is 9.84 Å². The number of pyridine rings is 1. The Labute approximate surface area is 145 Å². The fraction of sp³-hybridized carbons (Fsp3) is 0.444. The normalized spacial score (nSPS) is 21.4. The van der Waals surface area contributed by atoms with Gasteiger partial charge in [-0.05, 0) is 25.5 Å². The lowest BCUT2D eigenvalue weighted by atomic mass is 10.2. The molecule has 0 bridgehead atoms. The lowest BCUT2D eigenvalue weighted by Crippen LogP contribution is -2.37. The Morgan fingerprint density at radius 2 is 2.32 bits per heavy atom. The average molecular weight is 343 g/mol. The second kappa shape index (κ2) is 6.93. The number of aromatic nitrogens is 3. The lowest BCUT2D eigenvalue weighted by molar-refractivity contribution is 0.204. The highest BCUT2D eigenvalue weighted by molar-refractivity contribution is 5.53. The zero-order valence-corrected chi connectivity index (χ0v) is 14.2. The molecule has 0 aliphatic carbocycles. The zero-order chi connectivity index (χ0) is 17.2. The quantitative estimate of drug-likeness (QED) is 0.744. The van der Waals surface area contributed by atoms with Gasteiger partial charge in [-0.1, -0.05) is 11.2 Å². The number of aryl methyl sites for hydroxylation is 1. The Bertz CT molecular complexity index is 845. The van der Waals surface area contributed by atoms with Crippen LogP contribution in [0.2, 0.25) is 0 Å². The van der Waals surface area contributed by atoms with E-state index >= 15 is 0 Å². The molecule has 1 aliphatic rings. The number of nitrogens with zero attached hydrogens (tertiary/aromatic N) is 4. The highest BCUT2D eigenvalue weighted by atomic mass is 19.1. The summed E-state index contributed by atoms with van der Waals surface area (Å²) < 4.78 is 21.1. The van der Waals surface area contributed by atoms with Crippen LogP contribution in [-0.4, -0.2) is 45.0 Å². The third kappa shape index (κ3) is 3.57. The fourth-order valence-corrected chi connectivity index (χ4v) is 3.52. The van der Waals surface area contributed by atoms with Crippen molar-refractivity contribution in [1.29, 1.82) is 0 Å². The first-order chi connectivity index (χ1) is 12.2. The van der Waals surface area contributed by atoms with Crippen LogP contribution < -0.4 is 5.32 Å². The number of hydrogen-bond acceptors (Lipinski definition) is 5. The third-order valence-electron chi connectivity index (χ3n) is 4.71. The van der Waals surface area contributed by atoms with E-state index in [-0.39, 0.29) is 6.04 Å². The maximum absolute atomic E-state index is 13.9. The summed E-state index contributed by atoms with van der Waals surface area (Å²) >= 11 is 0. The first kappa shape index (κ1) is 16.2. The van der Waals surface area contributed by atoms with E-state index in [2.05, 4.69) is 26.5 Å². The van der Waals surface area contributed by atoms with Crippen LogP contribution in [0.25, 0.3) is 5.52 Å². The van der Waals surface area contributed by atoms with Crippen LogP contribution >= 0.6 is 0 Å². The number of likely N-dealkylation sites (tertiary alicyclic amines) is 1. The second-order valence-corrected chi connectivity index (χ2v) is 6.68. The largest absolute Gasteiger partial charge is 0.360 e. The Kier molecular flexibility index (Phi) is 4.50. The summed E-state index contributed by atoms with van der Waals surface area (Å²) in [5, 5.41) is 11.7. The molecule has 7 heteroatoms. The predicted molar refractivity (Wildman–Crippen MR) is 91.8 cm³/mol. The van der Waals surface area contributed by atoms with Gasteiger partial charge in [-0.15, -0.1) is 0 Å². The van der Waals surface area contributed by atoms with E-state index in [0.29, 0.717) is 19.5 Å². The van der Waals surface area contributed by atoms with E-state index in [1.54, 1.807) is 0 Å². The van der Waals surface area contributed by atoms with E-state index in [1.807, 2.05) is 42.0 Å². The Morgan fingerprint density at radius 1 is 1.40 bits per heavy atom. The molecule has 3 aromatic rings. The minimum absolute atomic E-state index is 0.155. The van der Waals surface area contributed by atoms with E-state index in [0.717, 1.165) is 35.6 Å². The topological polar surface area (TPSA) is 58.6 Å². The second-order valence-electron chi connectivity index (χ2n) is 6.68. The summed E-state index contributed by atoms with van der Waals surface area (Å²) in [6.45, 7) is 4.39. The van der Waals surface area contributed by atoms with Crippen molar-refractivity contribution in [2.24, 2.45) is 0 Å². The first-order valence-electron chi connectivity index (χ1n) is 8.61. The molecular formula is C18H22FN5O. The van der Waals surface area contributed by atoms with Crippen LogP contribution in [0.3, 0.4) is 0 Å². The molecule has 4 heterocycles. The zero-order valence-electron chi connectivity index (χ0n) is 14.2. The van der Waals surface area contributed by atoms with Crippen molar-refractivity contribution in [3.05, 3.63) is 53.7 Å². The van der Waals surface area contributed by atoms with Gasteiger partial charge in [0.15, 0.2) is 5.76 Å². The molecular weight excluding hydrogens is 321 g/mol. The monoisotopic (exact) mass is 343 g/mol. The molecule has 0 saturated carbocycles. The summed E-state index contributed by atoms with van der Waals surface area (Å²) in [6, 6.07) is 8.08. The van der Waals surface area contributed by atoms with Gasteiger partial charge in [-0.3, -0.25) is 4.90 Å². The maximum Gasteiger partial charge on any atom is 0.150 e. The molecule has 4 rings (SSSR count). The van der Waals surface area contributed by atoms with Gasteiger partial charge in [-0.25, -0.2) is 8.91 Å². The van der Waals surface area contributed by atoms with Gasteiger partial charge in [0.25, 0.3) is 0 Å². The van der Waals surface area contributed by atoms with Crippen molar-refractivity contribution >= 4 is 5.52 Å². The van der Waals surface area contributed by atoms with Crippen molar-refractivity contribution in [1.82, 2.24) is 25.0 Å². The highest BCUT2D eigenvalue weighted by Gasteiger charge is 2.32. The molecule has 132 valence electrons. The van der Waals surface area contributed by atoms with Crippen molar-refractivity contribution in [2.45, 2.75) is 38.6 Å². The maximum atomic E-state index is 13.9.